The molecule has 0 saturated heterocycles. The van der Waals surface area contributed by atoms with E-state index in [0.717, 1.165) is 17.7 Å². The second-order valence-corrected chi connectivity index (χ2v) is 6.06. The summed E-state index contributed by atoms with van der Waals surface area (Å²) >= 11 is 5.96. The molecule has 2 aromatic rings. The number of hydrogen-bond acceptors (Lipinski definition) is 2. The zero-order chi connectivity index (χ0) is 16.2. The lowest BCUT2D eigenvalue weighted by Gasteiger charge is -2.09. The largest absolute Gasteiger partial charge is 0.496 e. The monoisotopic (exact) mass is 457 g/mol. The van der Waals surface area contributed by atoms with E-state index < -0.39 is 0 Å². The van der Waals surface area contributed by atoms with Gasteiger partial charge in [-0.25, -0.2) is 4.99 Å². The van der Waals surface area contributed by atoms with Crippen molar-refractivity contribution in [3.05, 3.63) is 58.1 Å². The van der Waals surface area contributed by atoms with E-state index in [0.29, 0.717) is 23.3 Å². The summed E-state index contributed by atoms with van der Waals surface area (Å²) in [7, 11) is 1.62. The molecule has 0 unspecified atom stereocenters. The van der Waals surface area contributed by atoms with Gasteiger partial charge in [-0.3, -0.25) is 0 Å². The quantitative estimate of drug-likeness (QED) is 0.407. The van der Waals surface area contributed by atoms with Crippen LogP contribution in [0.25, 0.3) is 0 Å². The number of methoxy groups -OCH3 is 1. The standard InChI is InChI=1S/C18H20ClN3O.HI/c1-23-17-10-15(19)7-5-14(17)11-21-18(20)22-16-8-6-12-3-2-4-13(12)9-16;/h5-10H,2-4,11H2,1H3,(H3,20,21,22);1H. The van der Waals surface area contributed by atoms with Gasteiger partial charge in [-0.1, -0.05) is 23.7 Å². The van der Waals surface area contributed by atoms with Crippen LogP contribution in [0.5, 0.6) is 5.75 Å². The van der Waals surface area contributed by atoms with Crippen LogP contribution in [-0.2, 0) is 19.4 Å². The van der Waals surface area contributed by atoms with Gasteiger partial charge in [0.05, 0.1) is 13.7 Å². The lowest BCUT2D eigenvalue weighted by molar-refractivity contribution is 0.410. The third-order valence-electron chi connectivity index (χ3n) is 4.04. The normalized spacial score (nSPS) is 13.2. The molecule has 3 rings (SSSR count). The highest BCUT2D eigenvalue weighted by atomic mass is 127. The van der Waals surface area contributed by atoms with Gasteiger partial charge in [-0.15, -0.1) is 24.0 Å². The number of hydrogen-bond donors (Lipinski definition) is 2. The minimum absolute atomic E-state index is 0. The van der Waals surface area contributed by atoms with Gasteiger partial charge in [0.2, 0.25) is 0 Å². The summed E-state index contributed by atoms with van der Waals surface area (Å²) in [5.41, 5.74) is 10.8. The van der Waals surface area contributed by atoms with E-state index in [1.54, 1.807) is 13.2 Å². The highest BCUT2D eigenvalue weighted by molar-refractivity contribution is 14.0. The van der Waals surface area contributed by atoms with Crippen molar-refractivity contribution in [1.29, 1.82) is 0 Å². The van der Waals surface area contributed by atoms with Crippen LogP contribution in [0.15, 0.2) is 41.4 Å². The highest BCUT2D eigenvalue weighted by Gasteiger charge is 2.11. The van der Waals surface area contributed by atoms with Gasteiger partial charge in [0.15, 0.2) is 5.96 Å². The molecular formula is C18H21ClIN3O. The number of nitrogens with one attached hydrogen (secondary N) is 1. The summed E-state index contributed by atoms with van der Waals surface area (Å²) in [5.74, 6) is 1.10. The molecule has 2 aromatic carbocycles. The second kappa shape index (κ2) is 8.58. The summed E-state index contributed by atoms with van der Waals surface area (Å²) in [6.45, 7) is 0.435. The smallest absolute Gasteiger partial charge is 0.193 e. The summed E-state index contributed by atoms with van der Waals surface area (Å²) in [5, 5.41) is 3.79. The maximum atomic E-state index is 5.99. The van der Waals surface area contributed by atoms with Crippen molar-refractivity contribution in [2.45, 2.75) is 25.8 Å². The summed E-state index contributed by atoms with van der Waals surface area (Å²) in [6, 6.07) is 11.9. The molecule has 128 valence electrons. The van der Waals surface area contributed by atoms with Gasteiger partial charge in [-0.2, -0.15) is 0 Å². The van der Waals surface area contributed by atoms with Gasteiger partial charge in [-0.05, 0) is 54.7 Å². The molecule has 0 amide bonds. The first kappa shape index (κ1) is 18.9. The minimum Gasteiger partial charge on any atom is -0.496 e. The van der Waals surface area contributed by atoms with Crippen LogP contribution in [-0.4, -0.2) is 13.1 Å². The number of rotatable bonds is 4. The molecule has 6 heteroatoms. The molecule has 1 aliphatic rings. The number of nitrogens with two attached hydrogens (primary N) is 1. The first-order valence-electron chi connectivity index (χ1n) is 7.67. The van der Waals surface area contributed by atoms with Crippen molar-refractivity contribution >= 4 is 47.2 Å². The third kappa shape index (κ3) is 4.54. The molecule has 1 aliphatic carbocycles. The van der Waals surface area contributed by atoms with Crippen LogP contribution in [0, 0.1) is 0 Å². The van der Waals surface area contributed by atoms with Gasteiger partial charge < -0.3 is 15.8 Å². The van der Waals surface area contributed by atoms with Crippen LogP contribution in [0.4, 0.5) is 5.69 Å². The minimum atomic E-state index is 0. The number of halogens is 2. The lowest BCUT2D eigenvalue weighted by Crippen LogP contribution is -2.22. The molecule has 4 nitrogen and oxygen atoms in total. The van der Waals surface area contributed by atoms with E-state index in [9.17, 15) is 0 Å². The number of anilines is 1. The Morgan fingerprint density at radius 2 is 2.00 bits per heavy atom. The SMILES string of the molecule is COc1cc(Cl)ccc1CN=C(N)Nc1ccc2c(c1)CCC2.I. The van der Waals surface area contributed by atoms with Gasteiger partial charge in [0, 0.05) is 16.3 Å². The molecule has 3 N–H and O–H groups in total. The Morgan fingerprint density at radius 3 is 2.79 bits per heavy atom. The highest BCUT2D eigenvalue weighted by Crippen LogP contribution is 2.25. The lowest BCUT2D eigenvalue weighted by atomic mass is 10.1. The van der Waals surface area contributed by atoms with Crippen LogP contribution < -0.4 is 15.8 Å². The number of aryl methyl sites for hydroxylation is 2. The zero-order valence-electron chi connectivity index (χ0n) is 13.5. The maximum absolute atomic E-state index is 5.99. The van der Waals surface area contributed by atoms with Crippen LogP contribution in [0.1, 0.15) is 23.1 Å². The molecule has 24 heavy (non-hydrogen) atoms. The first-order chi connectivity index (χ1) is 11.2. The van der Waals surface area contributed by atoms with Crippen molar-refractivity contribution in [3.8, 4) is 5.75 Å². The predicted molar refractivity (Wildman–Crippen MR) is 111 cm³/mol. The Morgan fingerprint density at radius 1 is 1.21 bits per heavy atom. The summed E-state index contributed by atoms with van der Waals surface area (Å²) < 4.78 is 5.31. The third-order valence-corrected chi connectivity index (χ3v) is 4.27. The van der Waals surface area contributed by atoms with Crippen molar-refractivity contribution < 1.29 is 4.74 Å². The van der Waals surface area contributed by atoms with Gasteiger partial charge >= 0.3 is 0 Å². The maximum Gasteiger partial charge on any atom is 0.193 e. The van der Waals surface area contributed by atoms with Crippen molar-refractivity contribution in [1.82, 2.24) is 0 Å². The molecule has 0 aromatic heterocycles. The Labute approximate surface area is 164 Å². The molecule has 0 spiro atoms. The summed E-state index contributed by atoms with van der Waals surface area (Å²) in [4.78, 5) is 4.38. The predicted octanol–water partition coefficient (Wildman–Crippen LogP) is 4.38. The van der Waals surface area contributed by atoms with Crippen molar-refractivity contribution in [2.24, 2.45) is 10.7 Å². The van der Waals surface area contributed by atoms with Crippen LogP contribution in [0.2, 0.25) is 5.02 Å². The molecular weight excluding hydrogens is 437 g/mol. The topological polar surface area (TPSA) is 59.6 Å². The molecule has 0 saturated carbocycles. The Hall–Kier alpha value is -1.47. The fourth-order valence-corrected chi connectivity index (χ4v) is 3.02. The Balaban J connectivity index is 0.00000208. The van der Waals surface area contributed by atoms with E-state index in [1.807, 2.05) is 12.1 Å². The molecule has 0 bridgehead atoms. The van der Waals surface area contributed by atoms with E-state index in [4.69, 9.17) is 22.1 Å². The molecule has 0 heterocycles. The molecule has 0 atom stereocenters. The number of aliphatic imine (C=N–C) groups is 1. The van der Waals surface area contributed by atoms with Crippen LogP contribution in [0.3, 0.4) is 0 Å². The Kier molecular flexibility index (Phi) is 6.74. The molecule has 0 fully saturated rings. The van der Waals surface area contributed by atoms with E-state index in [-0.39, 0.29) is 24.0 Å². The number of fused-ring (bicyclic) bond motifs is 1. The molecule has 0 aliphatic heterocycles. The number of nitrogens with zero attached hydrogens (tertiary/aromatic N) is 1. The summed E-state index contributed by atoms with van der Waals surface area (Å²) in [6.07, 6.45) is 3.55. The number of guanidine groups is 1. The first-order valence-corrected chi connectivity index (χ1v) is 8.04. The zero-order valence-corrected chi connectivity index (χ0v) is 16.6. The van der Waals surface area contributed by atoms with E-state index >= 15 is 0 Å². The molecule has 0 radical (unpaired) electrons. The fourth-order valence-electron chi connectivity index (χ4n) is 2.86. The number of ether oxygens (including phenoxy) is 1. The second-order valence-electron chi connectivity index (χ2n) is 5.62. The van der Waals surface area contributed by atoms with E-state index in [1.165, 1.54) is 24.0 Å². The fraction of sp³-hybridized carbons (Fsp3) is 0.278. The Bertz CT molecular complexity index is 749. The van der Waals surface area contributed by atoms with Crippen LogP contribution >= 0.6 is 35.6 Å². The van der Waals surface area contributed by atoms with Gasteiger partial charge in [0.25, 0.3) is 0 Å². The van der Waals surface area contributed by atoms with Crippen molar-refractivity contribution in [3.63, 3.8) is 0 Å². The average molecular weight is 458 g/mol. The average Bonchev–Trinajstić information content (AvgIpc) is 3.01. The number of benzene rings is 2. The van der Waals surface area contributed by atoms with E-state index in [2.05, 4.69) is 28.5 Å². The van der Waals surface area contributed by atoms with Gasteiger partial charge in [0.1, 0.15) is 5.75 Å². The van der Waals surface area contributed by atoms with Crippen molar-refractivity contribution in [2.75, 3.05) is 12.4 Å².